The van der Waals surface area contributed by atoms with E-state index in [1.165, 1.54) is 0 Å². The largest absolute Gasteiger partial charge is 0.493 e. The molecule has 0 bridgehead atoms. The number of hydrogen-bond acceptors (Lipinski definition) is 6. The van der Waals surface area contributed by atoms with Gasteiger partial charge in [-0.15, -0.1) is 0 Å². The number of ether oxygens (including phenoxy) is 2. The lowest BCUT2D eigenvalue weighted by Crippen LogP contribution is -2.43. The van der Waals surface area contributed by atoms with Gasteiger partial charge in [0.05, 0.1) is 25.3 Å². The molecule has 2 aromatic carbocycles. The molecule has 0 aliphatic carbocycles. The minimum atomic E-state index is -0.140. The van der Waals surface area contributed by atoms with E-state index in [1.54, 1.807) is 31.3 Å². The van der Waals surface area contributed by atoms with Crippen LogP contribution in [0.2, 0.25) is 0 Å². The molecule has 0 atom stereocenters. The van der Waals surface area contributed by atoms with Gasteiger partial charge < -0.3 is 14.4 Å². The van der Waals surface area contributed by atoms with Crippen LogP contribution in [0, 0.1) is 0 Å². The van der Waals surface area contributed by atoms with Crippen molar-refractivity contribution in [3.8, 4) is 11.5 Å². The van der Waals surface area contributed by atoms with Crippen molar-refractivity contribution in [3.05, 3.63) is 54.1 Å². The maximum absolute atomic E-state index is 13.0. The molecular formula is C22H22N4O3. The van der Waals surface area contributed by atoms with Gasteiger partial charge in [-0.2, -0.15) is 0 Å². The van der Waals surface area contributed by atoms with Crippen LogP contribution in [-0.2, 0) is 4.79 Å². The first kappa shape index (κ1) is 18.7. The number of benzene rings is 2. The molecule has 0 saturated carbocycles. The van der Waals surface area contributed by atoms with Crippen LogP contribution in [0.25, 0.3) is 17.1 Å². The van der Waals surface area contributed by atoms with Gasteiger partial charge in [0.2, 0.25) is 0 Å². The Hall–Kier alpha value is -3.61. The standard InChI is InChI=1S/C22H22N4O3/c1-25-12-13-26(22-21(25)23-16-6-4-5-7-17(16)24-22)20(27)11-9-15-8-10-18(28-2)19(14-15)29-3/h4-11,14H,12-13H2,1-3H3. The zero-order valence-corrected chi connectivity index (χ0v) is 16.6. The van der Waals surface area contributed by atoms with E-state index in [0.29, 0.717) is 36.2 Å². The molecule has 148 valence electrons. The van der Waals surface area contributed by atoms with Gasteiger partial charge in [-0.3, -0.25) is 9.69 Å². The molecule has 0 fully saturated rings. The van der Waals surface area contributed by atoms with Gasteiger partial charge in [-0.1, -0.05) is 18.2 Å². The van der Waals surface area contributed by atoms with Crippen molar-refractivity contribution in [2.45, 2.75) is 0 Å². The number of fused-ring (bicyclic) bond motifs is 2. The zero-order chi connectivity index (χ0) is 20.4. The molecule has 7 heteroatoms. The van der Waals surface area contributed by atoms with E-state index >= 15 is 0 Å². The van der Waals surface area contributed by atoms with Gasteiger partial charge in [0.15, 0.2) is 23.1 Å². The summed E-state index contributed by atoms with van der Waals surface area (Å²) in [4.78, 5) is 26.1. The number of methoxy groups -OCH3 is 2. The Morgan fingerprint density at radius 1 is 0.966 bits per heavy atom. The summed E-state index contributed by atoms with van der Waals surface area (Å²) in [6, 6.07) is 13.2. The molecule has 29 heavy (non-hydrogen) atoms. The third kappa shape index (κ3) is 3.59. The normalized spacial score (nSPS) is 13.6. The molecule has 1 aromatic heterocycles. The Balaban J connectivity index is 1.64. The molecule has 1 aliphatic rings. The van der Waals surface area contributed by atoms with Crippen molar-refractivity contribution in [2.24, 2.45) is 0 Å². The van der Waals surface area contributed by atoms with Gasteiger partial charge in [0, 0.05) is 26.2 Å². The monoisotopic (exact) mass is 390 g/mol. The SMILES string of the molecule is COc1ccc(C=CC(=O)N2CCN(C)c3nc4ccccc4nc32)cc1OC. The summed E-state index contributed by atoms with van der Waals surface area (Å²) < 4.78 is 10.6. The Morgan fingerprint density at radius 3 is 2.34 bits per heavy atom. The third-order valence-electron chi connectivity index (χ3n) is 4.90. The summed E-state index contributed by atoms with van der Waals surface area (Å²) in [7, 11) is 5.14. The summed E-state index contributed by atoms with van der Waals surface area (Å²) in [5, 5.41) is 0. The highest BCUT2D eigenvalue weighted by atomic mass is 16.5. The van der Waals surface area contributed by atoms with Crippen LogP contribution >= 0.6 is 0 Å². The van der Waals surface area contributed by atoms with E-state index < -0.39 is 0 Å². The van der Waals surface area contributed by atoms with E-state index in [4.69, 9.17) is 19.4 Å². The molecular weight excluding hydrogens is 368 g/mol. The molecule has 0 unspecified atom stereocenters. The smallest absolute Gasteiger partial charge is 0.252 e. The minimum absolute atomic E-state index is 0.140. The average molecular weight is 390 g/mol. The maximum atomic E-state index is 13.0. The van der Waals surface area contributed by atoms with Crippen LogP contribution in [0.1, 0.15) is 5.56 Å². The number of rotatable bonds is 4. The molecule has 7 nitrogen and oxygen atoms in total. The van der Waals surface area contributed by atoms with Crippen LogP contribution in [0.4, 0.5) is 11.6 Å². The third-order valence-corrected chi connectivity index (χ3v) is 4.90. The maximum Gasteiger partial charge on any atom is 0.252 e. The van der Waals surface area contributed by atoms with Crippen molar-refractivity contribution in [1.82, 2.24) is 9.97 Å². The fraction of sp³-hybridized carbons (Fsp3) is 0.227. The lowest BCUT2D eigenvalue weighted by molar-refractivity contribution is -0.114. The summed E-state index contributed by atoms with van der Waals surface area (Å²) >= 11 is 0. The summed E-state index contributed by atoms with van der Waals surface area (Å²) in [5.41, 5.74) is 2.42. The number of hydrogen-bond donors (Lipinski definition) is 0. The first-order valence-electron chi connectivity index (χ1n) is 9.30. The Morgan fingerprint density at radius 2 is 1.66 bits per heavy atom. The molecule has 0 radical (unpaired) electrons. The van der Waals surface area contributed by atoms with E-state index in [0.717, 1.165) is 16.6 Å². The lowest BCUT2D eigenvalue weighted by atomic mass is 10.2. The van der Waals surface area contributed by atoms with Gasteiger partial charge in [-0.05, 0) is 35.9 Å². The molecule has 0 N–H and O–H groups in total. The first-order chi connectivity index (χ1) is 14.1. The van der Waals surface area contributed by atoms with Gasteiger partial charge in [-0.25, -0.2) is 9.97 Å². The molecule has 0 spiro atoms. The van der Waals surface area contributed by atoms with E-state index in [-0.39, 0.29) is 5.91 Å². The molecule has 1 amide bonds. The molecule has 3 aromatic rings. The lowest BCUT2D eigenvalue weighted by Gasteiger charge is -2.33. The van der Waals surface area contributed by atoms with Crippen LogP contribution in [0.3, 0.4) is 0 Å². The summed E-state index contributed by atoms with van der Waals surface area (Å²) in [6.45, 7) is 1.24. The number of aromatic nitrogens is 2. The highest BCUT2D eigenvalue weighted by Crippen LogP contribution is 2.31. The highest BCUT2D eigenvalue weighted by Gasteiger charge is 2.27. The molecule has 2 heterocycles. The second-order valence-corrected chi connectivity index (χ2v) is 6.72. The molecule has 0 saturated heterocycles. The van der Waals surface area contributed by atoms with Crippen molar-refractivity contribution < 1.29 is 14.3 Å². The number of nitrogens with zero attached hydrogens (tertiary/aromatic N) is 4. The number of likely N-dealkylation sites (N-methyl/N-ethyl adjacent to an activating group) is 1. The number of carbonyl (C=O) groups is 1. The molecule has 4 rings (SSSR count). The van der Waals surface area contributed by atoms with Gasteiger partial charge >= 0.3 is 0 Å². The number of anilines is 2. The zero-order valence-electron chi connectivity index (χ0n) is 16.6. The Kier molecular flexibility index (Phi) is 5.03. The van der Waals surface area contributed by atoms with E-state index in [9.17, 15) is 4.79 Å². The summed E-state index contributed by atoms with van der Waals surface area (Å²) in [6.07, 6.45) is 3.31. The Bertz CT molecular complexity index is 1100. The quantitative estimate of drug-likeness (QED) is 0.638. The first-order valence-corrected chi connectivity index (χ1v) is 9.30. The predicted octanol–water partition coefficient (Wildman–Crippen LogP) is 3.14. The van der Waals surface area contributed by atoms with E-state index in [2.05, 4.69) is 0 Å². The van der Waals surface area contributed by atoms with E-state index in [1.807, 2.05) is 54.4 Å². The average Bonchev–Trinajstić information content (AvgIpc) is 2.76. The van der Waals surface area contributed by atoms with Crippen LogP contribution < -0.4 is 19.3 Å². The van der Waals surface area contributed by atoms with Crippen LogP contribution in [-0.4, -0.2) is 50.2 Å². The van der Waals surface area contributed by atoms with Crippen molar-refractivity contribution in [1.29, 1.82) is 0 Å². The predicted molar refractivity (Wildman–Crippen MR) is 114 cm³/mol. The van der Waals surface area contributed by atoms with Crippen LogP contribution in [0.5, 0.6) is 11.5 Å². The van der Waals surface area contributed by atoms with Crippen molar-refractivity contribution in [3.63, 3.8) is 0 Å². The van der Waals surface area contributed by atoms with Gasteiger partial charge in [0.25, 0.3) is 5.91 Å². The number of carbonyl (C=O) groups excluding carboxylic acids is 1. The fourth-order valence-corrected chi connectivity index (χ4v) is 3.31. The second kappa shape index (κ2) is 7.79. The second-order valence-electron chi connectivity index (χ2n) is 6.72. The highest BCUT2D eigenvalue weighted by molar-refractivity contribution is 6.05. The number of para-hydroxylation sites is 2. The van der Waals surface area contributed by atoms with Crippen LogP contribution in [0.15, 0.2) is 48.5 Å². The fourth-order valence-electron chi connectivity index (χ4n) is 3.31. The minimum Gasteiger partial charge on any atom is -0.493 e. The summed E-state index contributed by atoms with van der Waals surface area (Å²) in [5.74, 6) is 2.41. The Labute approximate surface area is 169 Å². The number of amides is 1. The topological polar surface area (TPSA) is 67.8 Å². The van der Waals surface area contributed by atoms with Gasteiger partial charge in [0.1, 0.15) is 0 Å². The molecule has 1 aliphatic heterocycles. The van der Waals surface area contributed by atoms with Crippen molar-refractivity contribution >= 4 is 34.7 Å². The van der Waals surface area contributed by atoms with Crippen molar-refractivity contribution in [2.75, 3.05) is 44.2 Å².